The van der Waals surface area contributed by atoms with Crippen LogP contribution >= 0.6 is 0 Å². The molecule has 0 bridgehead atoms. The van der Waals surface area contributed by atoms with E-state index in [2.05, 4.69) is 19.1 Å². The first kappa shape index (κ1) is 42.0. The lowest BCUT2D eigenvalue weighted by atomic mass is 9.95. The van der Waals surface area contributed by atoms with E-state index >= 15 is 0 Å². The average molecular weight is 855 g/mol. The summed E-state index contributed by atoms with van der Waals surface area (Å²) in [5.41, 5.74) is -6.42. The topological polar surface area (TPSA) is 119 Å². The van der Waals surface area contributed by atoms with Crippen LogP contribution in [0.5, 0.6) is 23.4 Å². The van der Waals surface area contributed by atoms with Crippen molar-refractivity contribution in [1.29, 1.82) is 0 Å². The van der Waals surface area contributed by atoms with Gasteiger partial charge >= 0.3 is 27.8 Å². The summed E-state index contributed by atoms with van der Waals surface area (Å²) in [5, 5.41) is 0. The van der Waals surface area contributed by atoms with Gasteiger partial charge in [0.2, 0.25) is 5.88 Å². The Balaban J connectivity index is 1.27. The number of nitrogens with zero attached hydrogens (tertiary/aromatic N) is 6. The molecule has 0 radical (unpaired) electrons. The second-order valence-corrected chi connectivity index (χ2v) is 16.3. The molecule has 2 fully saturated rings. The molecule has 0 saturated carbocycles. The fourth-order valence-corrected chi connectivity index (χ4v) is 8.43. The Bertz CT molecular complexity index is 2220. The van der Waals surface area contributed by atoms with Crippen LogP contribution < -0.4 is 28.2 Å². The number of anilines is 2. The number of rotatable bonds is 13. The lowest BCUT2D eigenvalue weighted by Crippen LogP contribution is -2.43. The van der Waals surface area contributed by atoms with E-state index in [1.54, 1.807) is 29.2 Å². The first-order valence-corrected chi connectivity index (χ1v) is 20.1. The summed E-state index contributed by atoms with van der Waals surface area (Å²) in [6.07, 6.45) is -4.90. The molecule has 3 aliphatic rings. The molecular formula is C39H41F7N6O6S. The Morgan fingerprint density at radius 3 is 2.10 bits per heavy atom. The minimum absolute atomic E-state index is 0.129. The van der Waals surface area contributed by atoms with E-state index in [1.165, 1.54) is 32.1 Å². The highest BCUT2D eigenvalue weighted by Gasteiger charge is 2.51. The fraction of sp³-hybridized carbons (Fsp3) is 0.462. The Hall–Kier alpha value is -5.11. The molecule has 59 heavy (non-hydrogen) atoms. The molecule has 0 aliphatic carbocycles. The van der Waals surface area contributed by atoms with Crippen molar-refractivity contribution in [3.8, 4) is 23.4 Å². The fourth-order valence-electron chi connectivity index (χ4n) is 7.99. The number of methoxy groups -OCH3 is 2. The zero-order valence-electron chi connectivity index (χ0n) is 32.2. The quantitative estimate of drug-likeness (QED) is 0.0771. The van der Waals surface area contributed by atoms with Crippen LogP contribution in [0.1, 0.15) is 52.8 Å². The van der Waals surface area contributed by atoms with Crippen LogP contribution in [0.15, 0.2) is 54.6 Å². The Kier molecular flexibility index (Phi) is 11.5. The number of fused-ring (bicyclic) bond motifs is 2. The second-order valence-electron chi connectivity index (χ2n) is 14.8. The zero-order chi connectivity index (χ0) is 42.3. The predicted molar refractivity (Wildman–Crippen MR) is 201 cm³/mol. The molecule has 7 rings (SSSR count). The van der Waals surface area contributed by atoms with Crippen LogP contribution in [0.3, 0.4) is 0 Å². The number of aromatic nitrogens is 3. The first-order chi connectivity index (χ1) is 27.9. The van der Waals surface area contributed by atoms with Crippen molar-refractivity contribution >= 4 is 21.8 Å². The van der Waals surface area contributed by atoms with Crippen molar-refractivity contribution in [2.45, 2.75) is 75.6 Å². The lowest BCUT2D eigenvalue weighted by molar-refractivity contribution is -0.137. The number of alkyl halides is 7. The molecule has 0 unspecified atom stereocenters. The van der Waals surface area contributed by atoms with E-state index in [0.29, 0.717) is 24.5 Å². The molecule has 2 aromatic carbocycles. The maximum absolute atomic E-state index is 15.0. The number of hydrogen-bond acceptors (Lipinski definition) is 12. The first-order valence-electron chi connectivity index (χ1n) is 18.6. The van der Waals surface area contributed by atoms with E-state index in [4.69, 9.17) is 14.2 Å². The average Bonchev–Trinajstić information content (AvgIpc) is 3.71. The molecular weight excluding hydrogens is 814 g/mol. The summed E-state index contributed by atoms with van der Waals surface area (Å²) in [6, 6.07) is 15.1. The van der Waals surface area contributed by atoms with Gasteiger partial charge < -0.3 is 28.2 Å². The minimum atomic E-state index is -6.22. The van der Waals surface area contributed by atoms with E-state index in [-0.39, 0.29) is 68.3 Å². The monoisotopic (exact) mass is 854 g/mol. The van der Waals surface area contributed by atoms with E-state index in [1.807, 2.05) is 29.2 Å². The third-order valence-corrected chi connectivity index (χ3v) is 11.8. The van der Waals surface area contributed by atoms with Gasteiger partial charge in [-0.25, -0.2) is 9.37 Å². The third-order valence-electron chi connectivity index (χ3n) is 10.9. The molecule has 2 aromatic heterocycles. The van der Waals surface area contributed by atoms with Crippen LogP contribution in [-0.4, -0.2) is 85.9 Å². The van der Waals surface area contributed by atoms with Crippen LogP contribution in [0.25, 0.3) is 0 Å². The number of benzene rings is 2. The molecule has 0 N–H and O–H groups in total. The lowest BCUT2D eigenvalue weighted by Gasteiger charge is -2.34. The zero-order valence-corrected chi connectivity index (χ0v) is 33.1. The van der Waals surface area contributed by atoms with Crippen molar-refractivity contribution in [1.82, 2.24) is 19.9 Å². The van der Waals surface area contributed by atoms with Gasteiger partial charge in [-0.1, -0.05) is 24.3 Å². The van der Waals surface area contributed by atoms with Gasteiger partial charge in [-0.3, -0.25) is 4.90 Å². The number of hydrogen-bond donors (Lipinski definition) is 0. The molecule has 4 aromatic rings. The van der Waals surface area contributed by atoms with Crippen molar-refractivity contribution in [3.05, 3.63) is 88.1 Å². The van der Waals surface area contributed by atoms with E-state index < -0.39 is 63.3 Å². The van der Waals surface area contributed by atoms with Crippen molar-refractivity contribution in [2.24, 2.45) is 0 Å². The normalized spacial score (nSPS) is 19.6. The number of halogens is 7. The van der Waals surface area contributed by atoms with Crippen LogP contribution in [-0.2, 0) is 42.3 Å². The van der Waals surface area contributed by atoms with Gasteiger partial charge in [0.05, 0.1) is 32.0 Å². The summed E-state index contributed by atoms with van der Waals surface area (Å²) in [5.74, 6) is -0.0180. The maximum Gasteiger partial charge on any atom is 0.534 e. The van der Waals surface area contributed by atoms with Crippen molar-refractivity contribution in [3.63, 3.8) is 0 Å². The Morgan fingerprint density at radius 2 is 1.53 bits per heavy atom. The summed E-state index contributed by atoms with van der Waals surface area (Å²) in [6.45, 7) is 1.65. The predicted octanol–water partition coefficient (Wildman–Crippen LogP) is 7.17. The molecule has 2 atom stereocenters. The molecule has 2 saturated heterocycles. The molecule has 0 spiro atoms. The van der Waals surface area contributed by atoms with Crippen LogP contribution in [0.4, 0.5) is 42.4 Å². The summed E-state index contributed by atoms with van der Waals surface area (Å²) in [4.78, 5) is 17.9. The second kappa shape index (κ2) is 16.2. The Morgan fingerprint density at radius 1 is 0.898 bits per heavy atom. The van der Waals surface area contributed by atoms with Crippen LogP contribution in [0, 0.1) is 6.92 Å². The largest absolute Gasteiger partial charge is 0.534 e. The molecule has 12 nitrogen and oxygen atoms in total. The summed E-state index contributed by atoms with van der Waals surface area (Å²) < 4.78 is 145. The standard InChI is InChI=1S/C39H41F7N6O6S/c1-24-17-32(51(19-25-5-9-28(55-2)10-6-25)20-26-7-11-29(56-3)12-8-26)48-34(33(24)38(41,42)43)50-16-13-30-31(22-50)47-36(49-35(30)58-59(53,54)39(44,45)46)57-23-37-14-4-15-52(37)21-27(40)18-37/h5-12,17,27H,4,13-16,18-23H2,1-3H3/t27-,37+/m1/s1. The molecule has 318 valence electrons. The van der Waals surface area contributed by atoms with Crippen molar-refractivity contribution in [2.75, 3.05) is 50.3 Å². The smallest absolute Gasteiger partial charge is 0.497 e. The van der Waals surface area contributed by atoms with Gasteiger partial charge in [-0.2, -0.15) is 44.7 Å². The number of aryl methyl sites for hydroxylation is 1. The molecule has 20 heteroatoms. The highest BCUT2D eigenvalue weighted by atomic mass is 32.2. The number of pyridine rings is 1. The van der Waals surface area contributed by atoms with E-state index in [0.717, 1.165) is 17.5 Å². The third kappa shape index (κ3) is 8.92. The van der Waals surface area contributed by atoms with Gasteiger partial charge in [0.25, 0.3) is 0 Å². The molecule has 3 aliphatic heterocycles. The Labute approximate surface area is 336 Å². The minimum Gasteiger partial charge on any atom is -0.497 e. The van der Waals surface area contributed by atoms with Crippen molar-refractivity contribution < 1.29 is 57.5 Å². The van der Waals surface area contributed by atoms with Gasteiger partial charge in [-0.05, 0) is 79.8 Å². The van der Waals surface area contributed by atoms with E-state index in [9.17, 15) is 39.2 Å². The SMILES string of the molecule is COc1ccc(CN(Cc2ccc(OC)cc2)c2cc(C)c(C(F)(F)F)c(N3CCc4c(nc(OC[C@@]56CCCN5C[C@H](F)C6)nc4OS(=O)(=O)C(F)(F)F)C3)n2)cc1. The van der Waals surface area contributed by atoms with Gasteiger partial charge in [-0.15, -0.1) is 0 Å². The maximum atomic E-state index is 15.0. The van der Waals surface area contributed by atoms with Gasteiger partial charge in [0.1, 0.15) is 41.5 Å². The summed E-state index contributed by atoms with van der Waals surface area (Å²) >= 11 is 0. The highest BCUT2D eigenvalue weighted by Crippen LogP contribution is 2.43. The van der Waals surface area contributed by atoms with Gasteiger partial charge in [0, 0.05) is 38.2 Å². The molecule has 0 amide bonds. The summed E-state index contributed by atoms with van der Waals surface area (Å²) in [7, 11) is -3.17. The highest BCUT2D eigenvalue weighted by molar-refractivity contribution is 7.88. The van der Waals surface area contributed by atoms with Crippen LogP contribution in [0.2, 0.25) is 0 Å². The number of ether oxygens (including phenoxy) is 3. The van der Waals surface area contributed by atoms with Gasteiger partial charge in [0.15, 0.2) is 0 Å². The molecule has 5 heterocycles.